The van der Waals surface area contributed by atoms with Crippen LogP contribution in [-0.2, 0) is 6.42 Å². The Morgan fingerprint density at radius 2 is 1.51 bits per heavy atom. The Balaban J connectivity index is 1.48. The van der Waals surface area contributed by atoms with Crippen molar-refractivity contribution in [3.63, 3.8) is 0 Å². The minimum absolute atomic E-state index is 0.0590. The SMILES string of the molecule is CCNC(=O)N1CCCN(c2ccc(C(=O)NCCCc3ccccc3)cc2NC(=O)c2ccccc2)CC1. The lowest BCUT2D eigenvalue weighted by Gasteiger charge is -2.26. The molecule has 4 rings (SSSR count). The molecule has 1 heterocycles. The molecule has 0 saturated carbocycles. The molecule has 3 aromatic carbocycles. The second kappa shape index (κ2) is 14.0. The summed E-state index contributed by atoms with van der Waals surface area (Å²) in [4.78, 5) is 42.4. The van der Waals surface area contributed by atoms with Crippen molar-refractivity contribution in [1.29, 1.82) is 0 Å². The van der Waals surface area contributed by atoms with E-state index < -0.39 is 0 Å². The Labute approximate surface area is 230 Å². The first-order valence-electron chi connectivity index (χ1n) is 13.7. The Morgan fingerprint density at radius 1 is 0.769 bits per heavy atom. The van der Waals surface area contributed by atoms with Crippen molar-refractivity contribution >= 4 is 29.2 Å². The first kappa shape index (κ1) is 27.7. The van der Waals surface area contributed by atoms with Crippen LogP contribution in [0.1, 0.15) is 46.0 Å². The molecule has 0 aromatic heterocycles. The van der Waals surface area contributed by atoms with Crippen molar-refractivity contribution in [3.8, 4) is 0 Å². The third-order valence-electron chi connectivity index (χ3n) is 6.77. The van der Waals surface area contributed by atoms with Crippen LogP contribution in [0, 0.1) is 0 Å². The number of carbonyl (C=O) groups excluding carboxylic acids is 3. The van der Waals surface area contributed by atoms with Crippen LogP contribution in [0.3, 0.4) is 0 Å². The second-order valence-electron chi connectivity index (χ2n) is 9.56. The average molecular weight is 528 g/mol. The molecule has 0 bridgehead atoms. The van der Waals surface area contributed by atoms with Crippen LogP contribution < -0.4 is 20.9 Å². The summed E-state index contributed by atoms with van der Waals surface area (Å²) in [6, 6.07) is 24.6. The minimum atomic E-state index is -0.240. The molecule has 4 amide bonds. The van der Waals surface area contributed by atoms with E-state index in [2.05, 4.69) is 33.0 Å². The van der Waals surface area contributed by atoms with Gasteiger partial charge < -0.3 is 25.8 Å². The predicted molar refractivity (Wildman–Crippen MR) is 155 cm³/mol. The van der Waals surface area contributed by atoms with Crippen LogP contribution >= 0.6 is 0 Å². The molecular formula is C31H37N5O3. The normalized spacial score (nSPS) is 13.4. The van der Waals surface area contributed by atoms with Gasteiger partial charge in [-0.2, -0.15) is 0 Å². The smallest absolute Gasteiger partial charge is 0.317 e. The molecule has 1 saturated heterocycles. The molecule has 0 radical (unpaired) electrons. The summed E-state index contributed by atoms with van der Waals surface area (Å²) < 4.78 is 0. The molecular weight excluding hydrogens is 490 g/mol. The molecule has 39 heavy (non-hydrogen) atoms. The zero-order valence-corrected chi connectivity index (χ0v) is 22.5. The van der Waals surface area contributed by atoms with E-state index in [1.165, 1.54) is 5.56 Å². The standard InChI is InChI=1S/C31H37N5O3/c1-2-32-31(39)36-20-10-19-35(21-22-36)28-17-16-26(23-27(28)34-30(38)25-14-7-4-8-15-25)29(37)33-18-9-13-24-11-5-3-6-12-24/h3-8,11-12,14-17,23H,2,9-10,13,18-22H2,1H3,(H,32,39)(H,33,37)(H,34,38). The molecule has 0 aliphatic carbocycles. The van der Waals surface area contributed by atoms with Gasteiger partial charge in [0.2, 0.25) is 0 Å². The Kier molecular flexibility index (Phi) is 9.94. The summed E-state index contributed by atoms with van der Waals surface area (Å²) in [5.41, 5.74) is 3.67. The fourth-order valence-corrected chi connectivity index (χ4v) is 4.70. The van der Waals surface area contributed by atoms with Crippen molar-refractivity contribution in [3.05, 3.63) is 95.6 Å². The summed E-state index contributed by atoms with van der Waals surface area (Å²) in [6.07, 6.45) is 2.52. The lowest BCUT2D eigenvalue weighted by molar-refractivity contribution is 0.0951. The van der Waals surface area contributed by atoms with Crippen LogP contribution in [0.4, 0.5) is 16.2 Å². The van der Waals surface area contributed by atoms with E-state index in [4.69, 9.17) is 0 Å². The zero-order chi connectivity index (χ0) is 27.5. The van der Waals surface area contributed by atoms with Gasteiger partial charge in [0.15, 0.2) is 0 Å². The number of amides is 4. The van der Waals surface area contributed by atoms with E-state index in [9.17, 15) is 14.4 Å². The van der Waals surface area contributed by atoms with Crippen molar-refractivity contribution in [1.82, 2.24) is 15.5 Å². The molecule has 1 aliphatic rings. The summed E-state index contributed by atoms with van der Waals surface area (Å²) in [5.74, 6) is -0.417. The maximum absolute atomic E-state index is 13.1. The Morgan fingerprint density at radius 3 is 2.26 bits per heavy atom. The van der Waals surface area contributed by atoms with E-state index >= 15 is 0 Å². The number of rotatable bonds is 9. The van der Waals surface area contributed by atoms with E-state index in [1.807, 2.05) is 54.3 Å². The van der Waals surface area contributed by atoms with Gasteiger partial charge in [-0.1, -0.05) is 48.5 Å². The van der Waals surface area contributed by atoms with Gasteiger partial charge in [-0.25, -0.2) is 4.79 Å². The van der Waals surface area contributed by atoms with E-state index in [-0.39, 0.29) is 17.8 Å². The number of hydrogen-bond donors (Lipinski definition) is 3. The zero-order valence-electron chi connectivity index (χ0n) is 22.5. The third-order valence-corrected chi connectivity index (χ3v) is 6.77. The minimum Gasteiger partial charge on any atom is -0.368 e. The highest BCUT2D eigenvalue weighted by atomic mass is 16.2. The fourth-order valence-electron chi connectivity index (χ4n) is 4.70. The van der Waals surface area contributed by atoms with Gasteiger partial charge in [0.25, 0.3) is 11.8 Å². The molecule has 3 N–H and O–H groups in total. The molecule has 204 valence electrons. The van der Waals surface area contributed by atoms with Gasteiger partial charge >= 0.3 is 6.03 Å². The van der Waals surface area contributed by atoms with Crippen molar-refractivity contribution < 1.29 is 14.4 Å². The number of hydrogen-bond acceptors (Lipinski definition) is 4. The monoisotopic (exact) mass is 527 g/mol. The largest absolute Gasteiger partial charge is 0.368 e. The van der Waals surface area contributed by atoms with Crippen LogP contribution in [0.2, 0.25) is 0 Å². The quantitative estimate of drug-likeness (QED) is 0.356. The van der Waals surface area contributed by atoms with Crippen molar-refractivity contribution in [2.45, 2.75) is 26.2 Å². The number of nitrogens with one attached hydrogen (secondary N) is 3. The van der Waals surface area contributed by atoms with Gasteiger partial charge in [-0.15, -0.1) is 0 Å². The number of carbonyl (C=O) groups is 3. The van der Waals surface area contributed by atoms with Gasteiger partial charge in [0.1, 0.15) is 0 Å². The highest BCUT2D eigenvalue weighted by molar-refractivity contribution is 6.07. The molecule has 0 atom stereocenters. The second-order valence-corrected chi connectivity index (χ2v) is 9.56. The molecule has 8 nitrogen and oxygen atoms in total. The van der Waals surface area contributed by atoms with Crippen LogP contribution in [0.5, 0.6) is 0 Å². The summed E-state index contributed by atoms with van der Waals surface area (Å²) in [5, 5.41) is 8.90. The number of anilines is 2. The molecule has 3 aromatic rings. The van der Waals surface area contributed by atoms with Gasteiger partial charge in [0, 0.05) is 50.4 Å². The van der Waals surface area contributed by atoms with Crippen molar-refractivity contribution in [2.75, 3.05) is 49.5 Å². The fraction of sp³-hybridized carbons (Fsp3) is 0.323. The Hall–Kier alpha value is -4.33. The maximum atomic E-state index is 13.1. The molecule has 1 fully saturated rings. The lowest BCUT2D eigenvalue weighted by Crippen LogP contribution is -2.42. The van der Waals surface area contributed by atoms with Crippen LogP contribution in [0.25, 0.3) is 0 Å². The first-order chi connectivity index (χ1) is 19.0. The number of urea groups is 1. The van der Waals surface area contributed by atoms with E-state index in [1.54, 1.807) is 24.3 Å². The van der Waals surface area contributed by atoms with Crippen LogP contribution in [-0.4, -0.2) is 62.0 Å². The number of aryl methyl sites for hydroxylation is 1. The van der Waals surface area contributed by atoms with Gasteiger partial charge in [-0.3, -0.25) is 9.59 Å². The van der Waals surface area contributed by atoms with Gasteiger partial charge in [-0.05, 0) is 62.1 Å². The van der Waals surface area contributed by atoms with Crippen LogP contribution in [0.15, 0.2) is 78.9 Å². The molecule has 1 aliphatic heterocycles. The van der Waals surface area contributed by atoms with Crippen molar-refractivity contribution in [2.24, 2.45) is 0 Å². The third kappa shape index (κ3) is 7.83. The lowest BCUT2D eigenvalue weighted by atomic mass is 10.1. The summed E-state index contributed by atoms with van der Waals surface area (Å²) in [7, 11) is 0. The average Bonchev–Trinajstić information content (AvgIpc) is 3.23. The molecule has 8 heteroatoms. The first-order valence-corrected chi connectivity index (χ1v) is 13.7. The molecule has 0 unspecified atom stereocenters. The maximum Gasteiger partial charge on any atom is 0.317 e. The van der Waals surface area contributed by atoms with Gasteiger partial charge in [0.05, 0.1) is 11.4 Å². The topological polar surface area (TPSA) is 93.8 Å². The summed E-state index contributed by atoms with van der Waals surface area (Å²) in [6.45, 7) is 5.64. The highest BCUT2D eigenvalue weighted by Crippen LogP contribution is 2.29. The number of benzene rings is 3. The predicted octanol–water partition coefficient (Wildman–Crippen LogP) is 4.54. The highest BCUT2D eigenvalue weighted by Gasteiger charge is 2.22. The Bertz CT molecular complexity index is 1250. The molecule has 0 spiro atoms. The summed E-state index contributed by atoms with van der Waals surface area (Å²) >= 11 is 0. The number of nitrogens with zero attached hydrogens (tertiary/aromatic N) is 2. The van der Waals surface area contributed by atoms with E-state index in [0.717, 1.165) is 31.5 Å². The van der Waals surface area contributed by atoms with E-state index in [0.29, 0.717) is 49.5 Å².